The molecule has 0 spiro atoms. The minimum Gasteiger partial charge on any atom is -0.350 e. The van der Waals surface area contributed by atoms with Gasteiger partial charge in [-0.1, -0.05) is 78.8 Å². The second-order valence-corrected chi connectivity index (χ2v) is 8.91. The fraction of sp³-hybridized carbons (Fsp3) is 0.320. The van der Waals surface area contributed by atoms with E-state index in [1.165, 1.54) is 0 Å². The molecule has 0 aromatic heterocycles. The van der Waals surface area contributed by atoms with Crippen molar-refractivity contribution in [3.63, 3.8) is 0 Å². The van der Waals surface area contributed by atoms with Crippen LogP contribution in [0.25, 0.3) is 0 Å². The van der Waals surface area contributed by atoms with Crippen LogP contribution in [0.3, 0.4) is 0 Å². The maximum atomic E-state index is 13.1. The molecule has 6 nitrogen and oxygen atoms in total. The molecular weight excluding hydrogens is 470 g/mol. The van der Waals surface area contributed by atoms with Gasteiger partial charge in [0, 0.05) is 17.4 Å². The third kappa shape index (κ3) is 8.67. The summed E-state index contributed by atoms with van der Waals surface area (Å²) in [6.07, 6.45) is 1.91. The lowest BCUT2D eigenvalue weighted by atomic mass is 10.0. The first-order valence-electron chi connectivity index (χ1n) is 10.6. The molecule has 0 radical (unpaired) electrons. The Morgan fingerprint density at radius 3 is 2.25 bits per heavy atom. The fourth-order valence-electron chi connectivity index (χ4n) is 3.22. The minimum absolute atomic E-state index is 0.187. The molecule has 3 N–H and O–H groups in total. The van der Waals surface area contributed by atoms with Crippen LogP contribution >= 0.6 is 15.9 Å². The van der Waals surface area contributed by atoms with Crippen molar-refractivity contribution in [1.82, 2.24) is 16.0 Å². The van der Waals surface area contributed by atoms with Crippen LogP contribution in [0.5, 0.6) is 0 Å². The quantitative estimate of drug-likeness (QED) is 0.413. The molecule has 0 bridgehead atoms. The molecule has 0 fully saturated rings. The minimum atomic E-state index is -0.824. The van der Waals surface area contributed by atoms with Gasteiger partial charge in [0.25, 0.3) is 0 Å². The number of nitrogens with one attached hydrogen (secondary N) is 3. The summed E-state index contributed by atoms with van der Waals surface area (Å²) in [7, 11) is 0. The van der Waals surface area contributed by atoms with Gasteiger partial charge in [0.05, 0.1) is 0 Å². The van der Waals surface area contributed by atoms with Gasteiger partial charge in [0.1, 0.15) is 12.1 Å². The summed E-state index contributed by atoms with van der Waals surface area (Å²) in [6.45, 7) is 7.78. The van der Waals surface area contributed by atoms with E-state index in [1.807, 2.05) is 68.4 Å². The maximum absolute atomic E-state index is 13.1. The highest BCUT2D eigenvalue weighted by Crippen LogP contribution is 2.12. The molecule has 0 heterocycles. The van der Waals surface area contributed by atoms with Crippen LogP contribution < -0.4 is 16.0 Å². The molecule has 2 atom stereocenters. The Morgan fingerprint density at radius 1 is 0.938 bits per heavy atom. The van der Waals surface area contributed by atoms with E-state index in [4.69, 9.17) is 0 Å². The molecule has 2 aromatic rings. The molecule has 32 heavy (non-hydrogen) atoms. The highest BCUT2D eigenvalue weighted by Gasteiger charge is 2.27. The molecule has 2 aromatic carbocycles. The van der Waals surface area contributed by atoms with Crippen LogP contribution in [-0.2, 0) is 27.3 Å². The van der Waals surface area contributed by atoms with Gasteiger partial charge in [0.15, 0.2) is 0 Å². The number of amides is 3. The van der Waals surface area contributed by atoms with Crippen LogP contribution in [0.1, 0.15) is 31.4 Å². The van der Waals surface area contributed by atoms with Crippen molar-refractivity contribution in [3.05, 3.63) is 82.9 Å². The van der Waals surface area contributed by atoms with Crippen LogP contribution in [0, 0.1) is 5.92 Å². The summed E-state index contributed by atoms with van der Waals surface area (Å²) in [5.74, 6) is -0.930. The molecule has 0 aliphatic heterocycles. The topological polar surface area (TPSA) is 87.3 Å². The van der Waals surface area contributed by atoms with Gasteiger partial charge in [0.2, 0.25) is 17.7 Å². The largest absolute Gasteiger partial charge is 0.350 e. The third-order valence-electron chi connectivity index (χ3n) is 4.80. The number of hydrogen-bond donors (Lipinski definition) is 3. The molecule has 0 unspecified atom stereocenters. The normalized spacial score (nSPS) is 12.5. The second-order valence-electron chi connectivity index (χ2n) is 7.99. The number of hydrogen-bond acceptors (Lipinski definition) is 3. The van der Waals surface area contributed by atoms with E-state index in [0.29, 0.717) is 19.4 Å². The summed E-state index contributed by atoms with van der Waals surface area (Å²) in [4.78, 5) is 37.9. The van der Waals surface area contributed by atoms with Crippen molar-refractivity contribution in [2.24, 2.45) is 5.92 Å². The lowest BCUT2D eigenvalue weighted by molar-refractivity contribution is -0.131. The van der Waals surface area contributed by atoms with Crippen molar-refractivity contribution in [1.29, 1.82) is 0 Å². The second kappa shape index (κ2) is 12.8. The molecular formula is C25H30BrN3O3. The lowest BCUT2D eigenvalue weighted by Gasteiger charge is -2.24. The Labute approximate surface area is 198 Å². The first kappa shape index (κ1) is 25.3. The van der Waals surface area contributed by atoms with E-state index in [1.54, 1.807) is 0 Å². The van der Waals surface area contributed by atoms with Crippen molar-refractivity contribution >= 4 is 33.7 Å². The molecule has 0 aliphatic carbocycles. The monoisotopic (exact) mass is 499 g/mol. The number of rotatable bonds is 11. The standard InChI is InChI=1S/C25H30BrN3O3/c1-4-23(30)28-22(15-18-9-6-5-7-10-18)25(32)29-21(13-17(2)3)24(31)27-16-19-11-8-12-20(26)14-19/h4-12,14,17,21-22H,1,13,15-16H2,2-3H3,(H,27,31)(H,28,30)(H,29,32)/t21-,22-/m0/s1. The van der Waals surface area contributed by atoms with E-state index in [0.717, 1.165) is 21.7 Å². The smallest absolute Gasteiger partial charge is 0.244 e. The Bertz CT molecular complexity index is 931. The molecule has 0 aliphatic rings. The first-order chi connectivity index (χ1) is 15.3. The Balaban J connectivity index is 2.10. The summed E-state index contributed by atoms with van der Waals surface area (Å²) in [5, 5.41) is 8.41. The van der Waals surface area contributed by atoms with Gasteiger partial charge >= 0.3 is 0 Å². The summed E-state index contributed by atoms with van der Waals surface area (Å²) < 4.78 is 0.929. The van der Waals surface area contributed by atoms with Crippen molar-refractivity contribution in [2.45, 2.75) is 45.3 Å². The van der Waals surface area contributed by atoms with E-state index < -0.39 is 23.9 Å². The number of carbonyl (C=O) groups excluding carboxylic acids is 3. The maximum Gasteiger partial charge on any atom is 0.244 e. The molecule has 3 amide bonds. The zero-order chi connectivity index (χ0) is 23.5. The summed E-state index contributed by atoms with van der Waals surface area (Å²) in [6, 6.07) is 15.5. The van der Waals surface area contributed by atoms with Crippen LogP contribution in [0.15, 0.2) is 71.7 Å². The fourth-order valence-corrected chi connectivity index (χ4v) is 3.67. The predicted octanol–water partition coefficient (Wildman–Crippen LogP) is 3.51. The van der Waals surface area contributed by atoms with Crippen LogP contribution in [0.4, 0.5) is 0 Å². The molecule has 7 heteroatoms. The van der Waals surface area contributed by atoms with Gasteiger partial charge in [-0.05, 0) is 41.7 Å². The zero-order valence-corrected chi connectivity index (χ0v) is 20.0. The number of benzene rings is 2. The van der Waals surface area contributed by atoms with Gasteiger partial charge in [-0.2, -0.15) is 0 Å². The van der Waals surface area contributed by atoms with Gasteiger partial charge in [-0.3, -0.25) is 14.4 Å². The predicted molar refractivity (Wildman–Crippen MR) is 130 cm³/mol. The van der Waals surface area contributed by atoms with Gasteiger partial charge < -0.3 is 16.0 Å². The van der Waals surface area contributed by atoms with E-state index in [9.17, 15) is 14.4 Å². The molecule has 170 valence electrons. The van der Waals surface area contributed by atoms with Crippen molar-refractivity contribution < 1.29 is 14.4 Å². The number of carbonyl (C=O) groups is 3. The summed E-state index contributed by atoms with van der Waals surface area (Å²) in [5.41, 5.74) is 1.85. The first-order valence-corrected chi connectivity index (χ1v) is 11.4. The Hall–Kier alpha value is -2.93. The number of halogens is 1. The van der Waals surface area contributed by atoms with Crippen LogP contribution in [0.2, 0.25) is 0 Å². The highest BCUT2D eigenvalue weighted by atomic mass is 79.9. The van der Waals surface area contributed by atoms with Gasteiger partial charge in [-0.15, -0.1) is 0 Å². The SMILES string of the molecule is C=CC(=O)N[C@@H](Cc1ccccc1)C(=O)N[C@@H](CC(C)C)C(=O)NCc1cccc(Br)c1. The van der Waals surface area contributed by atoms with E-state index in [-0.39, 0.29) is 11.8 Å². The van der Waals surface area contributed by atoms with Gasteiger partial charge in [-0.25, -0.2) is 0 Å². The molecule has 0 saturated carbocycles. The van der Waals surface area contributed by atoms with Crippen molar-refractivity contribution in [2.75, 3.05) is 0 Å². The third-order valence-corrected chi connectivity index (χ3v) is 5.29. The average molecular weight is 500 g/mol. The summed E-state index contributed by atoms with van der Waals surface area (Å²) >= 11 is 3.42. The lowest BCUT2D eigenvalue weighted by Crippen LogP contribution is -2.54. The molecule has 2 rings (SSSR count). The highest BCUT2D eigenvalue weighted by molar-refractivity contribution is 9.10. The van der Waals surface area contributed by atoms with E-state index in [2.05, 4.69) is 38.5 Å². The van der Waals surface area contributed by atoms with Crippen molar-refractivity contribution in [3.8, 4) is 0 Å². The Kier molecular flexibility index (Phi) is 10.1. The molecule has 0 saturated heterocycles. The van der Waals surface area contributed by atoms with E-state index >= 15 is 0 Å². The Morgan fingerprint density at radius 2 is 1.62 bits per heavy atom. The average Bonchev–Trinajstić information content (AvgIpc) is 2.76. The zero-order valence-electron chi connectivity index (χ0n) is 18.4. The van der Waals surface area contributed by atoms with Crippen LogP contribution in [-0.4, -0.2) is 29.8 Å².